The van der Waals surface area contributed by atoms with Gasteiger partial charge in [0.15, 0.2) is 5.96 Å². The molecule has 5 nitrogen and oxygen atoms in total. The van der Waals surface area contributed by atoms with Gasteiger partial charge in [0.2, 0.25) is 0 Å². The quantitative estimate of drug-likeness (QED) is 0.247. The fourth-order valence-electron chi connectivity index (χ4n) is 3.17. The molecule has 3 N–H and O–H groups in total. The van der Waals surface area contributed by atoms with Gasteiger partial charge < -0.3 is 20.5 Å². The largest absolute Gasteiger partial charge is 0.496 e. The average Bonchev–Trinajstić information content (AvgIpc) is 2.68. The van der Waals surface area contributed by atoms with Crippen LogP contribution in [0.2, 0.25) is 0 Å². The number of hydrogen-bond acceptors (Lipinski definition) is 3. The SMILES string of the molecule is CCNC(=NCC(CC)(CC)CCO)NCC(C)c1ccccc1OC.I. The molecule has 1 atom stereocenters. The van der Waals surface area contributed by atoms with E-state index in [1.165, 1.54) is 5.56 Å². The van der Waals surface area contributed by atoms with E-state index in [0.29, 0.717) is 5.92 Å². The highest BCUT2D eigenvalue weighted by atomic mass is 127. The molecule has 0 fully saturated rings. The Balaban J connectivity index is 0.00000676. The van der Waals surface area contributed by atoms with Gasteiger partial charge in [-0.2, -0.15) is 0 Å². The number of rotatable bonds is 11. The summed E-state index contributed by atoms with van der Waals surface area (Å²) in [6.45, 7) is 11.1. The molecule has 6 heteroatoms. The van der Waals surface area contributed by atoms with Crippen molar-refractivity contribution in [1.82, 2.24) is 10.6 Å². The van der Waals surface area contributed by atoms with Gasteiger partial charge >= 0.3 is 0 Å². The van der Waals surface area contributed by atoms with Crippen molar-refractivity contribution in [3.8, 4) is 5.75 Å². The van der Waals surface area contributed by atoms with Crippen LogP contribution in [0.4, 0.5) is 0 Å². The van der Waals surface area contributed by atoms with Crippen LogP contribution in [0.5, 0.6) is 5.75 Å². The lowest BCUT2D eigenvalue weighted by Crippen LogP contribution is -2.40. The van der Waals surface area contributed by atoms with Crippen LogP contribution in [0.1, 0.15) is 58.4 Å². The number of aliphatic imine (C=N–C) groups is 1. The Morgan fingerprint density at radius 2 is 1.85 bits per heavy atom. The molecule has 0 bridgehead atoms. The van der Waals surface area contributed by atoms with Crippen LogP contribution < -0.4 is 15.4 Å². The molecule has 0 spiro atoms. The lowest BCUT2D eigenvalue weighted by atomic mass is 9.79. The topological polar surface area (TPSA) is 65.9 Å². The smallest absolute Gasteiger partial charge is 0.191 e. The lowest BCUT2D eigenvalue weighted by molar-refractivity contribution is 0.175. The molecule has 1 aromatic rings. The number of hydrogen-bond donors (Lipinski definition) is 3. The summed E-state index contributed by atoms with van der Waals surface area (Å²) in [5.41, 5.74) is 1.26. The Morgan fingerprint density at radius 1 is 1.19 bits per heavy atom. The monoisotopic (exact) mass is 491 g/mol. The predicted molar refractivity (Wildman–Crippen MR) is 126 cm³/mol. The van der Waals surface area contributed by atoms with Crippen molar-refractivity contribution in [2.45, 2.75) is 52.9 Å². The van der Waals surface area contributed by atoms with E-state index in [-0.39, 0.29) is 36.0 Å². The third kappa shape index (κ3) is 8.25. The number of aliphatic hydroxyl groups is 1. The summed E-state index contributed by atoms with van der Waals surface area (Å²) in [6.07, 6.45) is 2.83. The minimum atomic E-state index is 0. The molecule has 0 saturated heterocycles. The maximum atomic E-state index is 9.39. The molecule has 0 heterocycles. The maximum Gasteiger partial charge on any atom is 0.191 e. The number of nitrogens with one attached hydrogen (secondary N) is 2. The summed E-state index contributed by atoms with van der Waals surface area (Å²) in [5, 5.41) is 16.2. The van der Waals surface area contributed by atoms with Crippen molar-refractivity contribution in [2.24, 2.45) is 10.4 Å². The first-order chi connectivity index (χ1) is 12.6. The molecule has 27 heavy (non-hydrogen) atoms. The number of nitrogens with zero attached hydrogens (tertiary/aromatic N) is 1. The zero-order valence-electron chi connectivity index (χ0n) is 17.5. The van der Waals surface area contributed by atoms with Crippen LogP contribution >= 0.6 is 24.0 Å². The first kappa shape index (κ1) is 26.0. The number of ether oxygens (including phenoxy) is 1. The zero-order chi connectivity index (χ0) is 19.4. The molecule has 0 aliphatic rings. The number of para-hydroxylation sites is 1. The second kappa shape index (κ2) is 14.0. The summed E-state index contributed by atoms with van der Waals surface area (Å²) in [4.78, 5) is 4.81. The third-order valence-corrected chi connectivity index (χ3v) is 5.30. The van der Waals surface area contributed by atoms with Crippen molar-refractivity contribution in [2.75, 3.05) is 33.4 Å². The van der Waals surface area contributed by atoms with Crippen molar-refractivity contribution < 1.29 is 9.84 Å². The van der Waals surface area contributed by atoms with Gasteiger partial charge in [0.05, 0.1) is 7.11 Å². The van der Waals surface area contributed by atoms with Crippen molar-refractivity contribution >= 4 is 29.9 Å². The molecule has 0 saturated carbocycles. The first-order valence-corrected chi connectivity index (χ1v) is 9.81. The van der Waals surface area contributed by atoms with Crippen LogP contribution in [-0.2, 0) is 0 Å². The van der Waals surface area contributed by atoms with Gasteiger partial charge in [-0.15, -0.1) is 24.0 Å². The van der Waals surface area contributed by atoms with Crippen molar-refractivity contribution in [3.05, 3.63) is 29.8 Å². The molecule has 1 aromatic carbocycles. The van der Waals surface area contributed by atoms with Gasteiger partial charge in [0.1, 0.15) is 5.75 Å². The number of guanidine groups is 1. The van der Waals surface area contributed by atoms with Crippen molar-refractivity contribution in [1.29, 1.82) is 0 Å². The Bertz CT molecular complexity index is 548. The van der Waals surface area contributed by atoms with E-state index in [9.17, 15) is 5.11 Å². The first-order valence-electron chi connectivity index (χ1n) is 9.81. The minimum absolute atomic E-state index is 0. The summed E-state index contributed by atoms with van der Waals surface area (Å²) in [6, 6.07) is 8.14. The molecular formula is C21H38IN3O2. The molecule has 156 valence electrons. The van der Waals surface area contributed by atoms with Gasteiger partial charge in [-0.3, -0.25) is 4.99 Å². The zero-order valence-corrected chi connectivity index (χ0v) is 19.9. The second-order valence-corrected chi connectivity index (χ2v) is 6.90. The van der Waals surface area contributed by atoms with Crippen LogP contribution in [0.15, 0.2) is 29.3 Å². The van der Waals surface area contributed by atoms with Gasteiger partial charge in [0, 0.05) is 32.2 Å². The van der Waals surface area contributed by atoms with Gasteiger partial charge in [-0.05, 0) is 43.2 Å². The fraction of sp³-hybridized carbons (Fsp3) is 0.667. The Labute approximate surface area is 182 Å². The number of halogens is 1. The Kier molecular flexibility index (Phi) is 13.5. The number of benzene rings is 1. The van der Waals surface area contributed by atoms with E-state index in [4.69, 9.17) is 9.73 Å². The normalized spacial score (nSPS) is 12.9. The molecule has 0 aliphatic heterocycles. The summed E-state index contributed by atoms with van der Waals surface area (Å²) in [7, 11) is 1.71. The predicted octanol–water partition coefficient (Wildman–Crippen LogP) is 4.16. The van der Waals surface area contributed by atoms with E-state index >= 15 is 0 Å². The number of aliphatic hydroxyl groups excluding tert-OH is 1. The van der Waals surface area contributed by atoms with Gasteiger partial charge in [-0.25, -0.2) is 0 Å². The van der Waals surface area contributed by atoms with E-state index in [0.717, 1.165) is 50.6 Å². The number of methoxy groups -OCH3 is 1. The average molecular weight is 491 g/mol. The van der Waals surface area contributed by atoms with Crippen LogP contribution in [0.3, 0.4) is 0 Å². The highest BCUT2D eigenvalue weighted by Crippen LogP contribution is 2.30. The molecule has 0 amide bonds. The standard InChI is InChI=1S/C21H37N3O2.HI/c1-6-21(7-2,13-14-25)16-24-20(22-8-3)23-15-17(4)18-11-9-10-12-19(18)26-5;/h9-12,17,25H,6-8,13-16H2,1-5H3,(H2,22,23,24);1H. The molecule has 1 rings (SSSR count). The van der Waals surface area contributed by atoms with Gasteiger partial charge in [0.25, 0.3) is 0 Å². The van der Waals surface area contributed by atoms with Crippen LogP contribution in [0, 0.1) is 5.41 Å². The third-order valence-electron chi connectivity index (χ3n) is 5.30. The van der Waals surface area contributed by atoms with Crippen LogP contribution in [-0.4, -0.2) is 44.4 Å². The Hall–Kier alpha value is -1.02. The fourth-order valence-corrected chi connectivity index (χ4v) is 3.17. The van der Waals surface area contributed by atoms with E-state index in [1.54, 1.807) is 7.11 Å². The molecule has 0 radical (unpaired) electrons. The minimum Gasteiger partial charge on any atom is -0.496 e. The molecule has 1 unspecified atom stereocenters. The highest BCUT2D eigenvalue weighted by Gasteiger charge is 2.25. The van der Waals surface area contributed by atoms with Crippen molar-refractivity contribution in [3.63, 3.8) is 0 Å². The molecule has 0 aliphatic carbocycles. The van der Waals surface area contributed by atoms with Crippen LogP contribution in [0.25, 0.3) is 0 Å². The lowest BCUT2D eigenvalue weighted by Gasteiger charge is -2.29. The summed E-state index contributed by atoms with van der Waals surface area (Å²) >= 11 is 0. The second-order valence-electron chi connectivity index (χ2n) is 6.90. The maximum absolute atomic E-state index is 9.39. The highest BCUT2D eigenvalue weighted by molar-refractivity contribution is 14.0. The molecule has 0 aromatic heterocycles. The van der Waals surface area contributed by atoms with Gasteiger partial charge in [-0.1, -0.05) is 39.0 Å². The van der Waals surface area contributed by atoms with E-state index in [1.807, 2.05) is 18.2 Å². The molecular weight excluding hydrogens is 453 g/mol. The summed E-state index contributed by atoms with van der Waals surface area (Å²) < 4.78 is 5.47. The van der Waals surface area contributed by atoms with E-state index in [2.05, 4.69) is 44.4 Å². The summed E-state index contributed by atoms with van der Waals surface area (Å²) in [5.74, 6) is 2.05. The Morgan fingerprint density at radius 3 is 2.41 bits per heavy atom. The van der Waals surface area contributed by atoms with E-state index < -0.39 is 0 Å².